The molecule has 0 unspecified atom stereocenters. The number of fused-ring (bicyclic) bond motifs is 1. The summed E-state index contributed by atoms with van der Waals surface area (Å²) in [5, 5.41) is 12.8. The maximum atomic E-state index is 12.8. The van der Waals surface area contributed by atoms with Gasteiger partial charge >= 0.3 is 0 Å². The zero-order valence-corrected chi connectivity index (χ0v) is 15.7. The fourth-order valence-corrected chi connectivity index (χ4v) is 4.64. The van der Waals surface area contributed by atoms with Gasteiger partial charge in [-0.25, -0.2) is 4.68 Å². The van der Waals surface area contributed by atoms with Gasteiger partial charge < -0.3 is 9.64 Å². The molecule has 1 aromatic carbocycles. The van der Waals surface area contributed by atoms with Crippen molar-refractivity contribution in [1.29, 1.82) is 0 Å². The summed E-state index contributed by atoms with van der Waals surface area (Å²) in [4.78, 5) is 14.7. The van der Waals surface area contributed by atoms with Crippen molar-refractivity contribution < 1.29 is 9.53 Å². The van der Waals surface area contributed by atoms with Crippen LogP contribution in [0.2, 0.25) is 0 Å². The minimum atomic E-state index is 0.0992. The molecule has 1 aliphatic carbocycles. The Bertz CT molecular complexity index is 788. The molecule has 0 spiro atoms. The Morgan fingerprint density at radius 3 is 2.96 bits per heavy atom. The van der Waals surface area contributed by atoms with Gasteiger partial charge in [-0.2, -0.15) is 0 Å². The molecule has 138 valence electrons. The van der Waals surface area contributed by atoms with Gasteiger partial charge in [0.25, 0.3) is 0 Å². The molecule has 1 saturated carbocycles. The van der Waals surface area contributed by atoms with E-state index in [0.717, 1.165) is 48.8 Å². The Kier molecular flexibility index (Phi) is 5.10. The molecule has 2 aliphatic rings. The standard InChI is InChI=1S/C18H23N5O2S/c1-25-15-8-9-16-13(11-15)5-4-10-22(16)17(24)12-26-18-19-20-21-23(18)14-6-2-3-7-14/h8-9,11,14H,2-7,10,12H2,1H3. The second-order valence-corrected chi connectivity index (χ2v) is 7.72. The molecule has 1 aromatic heterocycles. The number of amides is 1. The molecule has 0 atom stereocenters. The lowest BCUT2D eigenvalue weighted by Gasteiger charge is -2.29. The van der Waals surface area contributed by atoms with Gasteiger partial charge in [0.05, 0.1) is 18.9 Å². The van der Waals surface area contributed by atoms with Crippen molar-refractivity contribution in [1.82, 2.24) is 20.2 Å². The largest absolute Gasteiger partial charge is 0.497 e. The minimum absolute atomic E-state index is 0.0992. The molecule has 8 heteroatoms. The third-order valence-electron chi connectivity index (χ3n) is 5.16. The number of benzene rings is 1. The summed E-state index contributed by atoms with van der Waals surface area (Å²) >= 11 is 1.44. The van der Waals surface area contributed by atoms with E-state index in [1.54, 1.807) is 7.11 Å². The molecule has 1 fully saturated rings. The van der Waals surface area contributed by atoms with Crippen LogP contribution in [-0.2, 0) is 11.2 Å². The van der Waals surface area contributed by atoms with Crippen LogP contribution >= 0.6 is 11.8 Å². The molecule has 0 bridgehead atoms. The number of carbonyl (C=O) groups is 1. The number of rotatable bonds is 5. The Labute approximate surface area is 157 Å². The fraction of sp³-hybridized carbons (Fsp3) is 0.556. The van der Waals surface area contributed by atoms with Gasteiger partial charge in [0.1, 0.15) is 5.75 Å². The van der Waals surface area contributed by atoms with Crippen LogP contribution in [0.4, 0.5) is 5.69 Å². The summed E-state index contributed by atoms with van der Waals surface area (Å²) in [7, 11) is 1.67. The van der Waals surface area contributed by atoms with E-state index in [2.05, 4.69) is 15.5 Å². The number of methoxy groups -OCH3 is 1. The van der Waals surface area contributed by atoms with E-state index in [9.17, 15) is 4.79 Å². The average molecular weight is 373 g/mol. The van der Waals surface area contributed by atoms with Crippen molar-refractivity contribution in [3.05, 3.63) is 23.8 Å². The monoisotopic (exact) mass is 373 g/mol. The topological polar surface area (TPSA) is 73.1 Å². The lowest BCUT2D eigenvalue weighted by atomic mass is 10.0. The van der Waals surface area contributed by atoms with Crippen LogP contribution in [0.15, 0.2) is 23.4 Å². The van der Waals surface area contributed by atoms with Crippen molar-refractivity contribution in [2.45, 2.75) is 49.7 Å². The van der Waals surface area contributed by atoms with E-state index >= 15 is 0 Å². The molecule has 1 amide bonds. The first-order valence-corrected chi connectivity index (χ1v) is 10.1. The predicted octanol–water partition coefficient (Wildman–Crippen LogP) is 2.87. The molecule has 0 N–H and O–H groups in total. The van der Waals surface area contributed by atoms with Gasteiger partial charge in [-0.15, -0.1) is 5.10 Å². The normalized spacial score (nSPS) is 17.3. The molecule has 0 radical (unpaired) electrons. The fourth-order valence-electron chi connectivity index (χ4n) is 3.82. The van der Waals surface area contributed by atoms with E-state index in [1.807, 2.05) is 27.8 Å². The van der Waals surface area contributed by atoms with E-state index in [0.29, 0.717) is 11.8 Å². The number of tetrazole rings is 1. The lowest BCUT2D eigenvalue weighted by Crippen LogP contribution is -2.36. The zero-order chi connectivity index (χ0) is 17.9. The molecule has 7 nitrogen and oxygen atoms in total. The van der Waals surface area contributed by atoms with Gasteiger partial charge in [0.15, 0.2) is 0 Å². The highest BCUT2D eigenvalue weighted by Gasteiger charge is 2.25. The van der Waals surface area contributed by atoms with E-state index in [4.69, 9.17) is 4.74 Å². The maximum absolute atomic E-state index is 12.8. The number of hydrogen-bond acceptors (Lipinski definition) is 6. The average Bonchev–Trinajstić information content (AvgIpc) is 3.36. The van der Waals surface area contributed by atoms with Crippen molar-refractivity contribution in [3.8, 4) is 5.75 Å². The van der Waals surface area contributed by atoms with Crippen LogP contribution in [0.3, 0.4) is 0 Å². The quantitative estimate of drug-likeness (QED) is 0.751. The Balaban J connectivity index is 1.44. The number of carbonyl (C=O) groups excluding carboxylic acids is 1. The Hall–Kier alpha value is -2.09. The summed E-state index contributed by atoms with van der Waals surface area (Å²) in [6, 6.07) is 6.31. The molecule has 2 heterocycles. The van der Waals surface area contributed by atoms with Gasteiger partial charge in [-0.05, 0) is 59.9 Å². The molecular formula is C18H23N5O2S. The van der Waals surface area contributed by atoms with Crippen molar-refractivity contribution in [2.75, 3.05) is 24.3 Å². The summed E-state index contributed by atoms with van der Waals surface area (Å²) in [5.41, 5.74) is 2.17. The lowest BCUT2D eigenvalue weighted by molar-refractivity contribution is -0.116. The van der Waals surface area contributed by atoms with Crippen LogP contribution in [0.25, 0.3) is 0 Å². The molecule has 0 saturated heterocycles. The van der Waals surface area contributed by atoms with Crippen LogP contribution in [0, 0.1) is 0 Å². The smallest absolute Gasteiger partial charge is 0.237 e. The van der Waals surface area contributed by atoms with E-state index < -0.39 is 0 Å². The van der Waals surface area contributed by atoms with Crippen LogP contribution < -0.4 is 9.64 Å². The van der Waals surface area contributed by atoms with Gasteiger partial charge in [-0.3, -0.25) is 4.79 Å². The van der Waals surface area contributed by atoms with Gasteiger partial charge in [0.2, 0.25) is 11.1 Å². The van der Waals surface area contributed by atoms with Crippen LogP contribution in [0.5, 0.6) is 5.75 Å². The third-order valence-corrected chi connectivity index (χ3v) is 6.08. The van der Waals surface area contributed by atoms with Crippen molar-refractivity contribution in [2.24, 2.45) is 0 Å². The first-order chi connectivity index (χ1) is 12.8. The number of aromatic nitrogens is 4. The second kappa shape index (κ2) is 7.65. The highest BCUT2D eigenvalue weighted by Crippen LogP contribution is 2.33. The number of thioether (sulfide) groups is 1. The number of hydrogen-bond donors (Lipinski definition) is 0. The van der Waals surface area contributed by atoms with E-state index in [-0.39, 0.29) is 5.91 Å². The molecule has 1 aliphatic heterocycles. The van der Waals surface area contributed by atoms with E-state index in [1.165, 1.54) is 30.2 Å². The minimum Gasteiger partial charge on any atom is -0.497 e. The van der Waals surface area contributed by atoms with Crippen molar-refractivity contribution >= 4 is 23.4 Å². The van der Waals surface area contributed by atoms with Crippen LogP contribution in [0.1, 0.15) is 43.7 Å². The first kappa shape index (κ1) is 17.3. The van der Waals surface area contributed by atoms with Crippen molar-refractivity contribution in [3.63, 3.8) is 0 Å². The zero-order valence-electron chi connectivity index (χ0n) is 14.9. The number of anilines is 1. The highest BCUT2D eigenvalue weighted by molar-refractivity contribution is 7.99. The van der Waals surface area contributed by atoms with Gasteiger partial charge in [0, 0.05) is 12.2 Å². The summed E-state index contributed by atoms with van der Waals surface area (Å²) < 4.78 is 7.20. The first-order valence-electron chi connectivity index (χ1n) is 9.14. The Morgan fingerprint density at radius 1 is 1.31 bits per heavy atom. The highest BCUT2D eigenvalue weighted by atomic mass is 32.2. The van der Waals surface area contributed by atoms with Crippen LogP contribution in [-0.4, -0.2) is 45.5 Å². The molecular weight excluding hydrogens is 350 g/mol. The number of aryl methyl sites for hydroxylation is 1. The number of nitrogens with zero attached hydrogens (tertiary/aromatic N) is 5. The summed E-state index contributed by atoms with van der Waals surface area (Å²) in [6.07, 6.45) is 6.63. The Morgan fingerprint density at radius 2 is 2.15 bits per heavy atom. The van der Waals surface area contributed by atoms with Gasteiger partial charge in [-0.1, -0.05) is 24.6 Å². The molecule has 2 aromatic rings. The third kappa shape index (κ3) is 3.42. The summed E-state index contributed by atoms with van der Waals surface area (Å²) in [5.74, 6) is 1.28. The second-order valence-electron chi connectivity index (χ2n) is 6.78. The predicted molar refractivity (Wildman–Crippen MR) is 99.7 cm³/mol. The molecule has 26 heavy (non-hydrogen) atoms. The molecule has 4 rings (SSSR count). The SMILES string of the molecule is COc1ccc2c(c1)CCCN2C(=O)CSc1nnnn1C1CCCC1. The number of ether oxygens (including phenoxy) is 1. The summed E-state index contributed by atoms with van der Waals surface area (Å²) in [6.45, 7) is 0.756. The maximum Gasteiger partial charge on any atom is 0.237 e.